The third-order valence-corrected chi connectivity index (χ3v) is 2.71. The molecule has 4 heteroatoms. The summed E-state index contributed by atoms with van der Waals surface area (Å²) >= 11 is 0. The summed E-state index contributed by atoms with van der Waals surface area (Å²) in [5.41, 5.74) is 0. The molecule has 1 heterocycles. The fourth-order valence-electron chi connectivity index (χ4n) is 1.64. The van der Waals surface area contributed by atoms with Crippen molar-refractivity contribution in [1.29, 1.82) is 0 Å². The summed E-state index contributed by atoms with van der Waals surface area (Å²) in [5, 5.41) is 3.36. The zero-order valence-electron chi connectivity index (χ0n) is 9.42. The van der Waals surface area contributed by atoms with Gasteiger partial charge in [-0.3, -0.25) is 9.69 Å². The molecule has 1 saturated heterocycles. The molecule has 0 aromatic carbocycles. The molecule has 1 unspecified atom stereocenters. The van der Waals surface area contributed by atoms with Crippen LogP contribution >= 0.6 is 0 Å². The van der Waals surface area contributed by atoms with Crippen molar-refractivity contribution < 1.29 is 4.79 Å². The van der Waals surface area contributed by atoms with Crippen LogP contribution in [-0.2, 0) is 4.79 Å². The molecule has 4 nitrogen and oxygen atoms in total. The van der Waals surface area contributed by atoms with Gasteiger partial charge in [-0.15, -0.1) is 0 Å². The Morgan fingerprint density at radius 2 is 2.36 bits per heavy atom. The highest BCUT2D eigenvalue weighted by Gasteiger charge is 2.18. The van der Waals surface area contributed by atoms with Gasteiger partial charge in [0.25, 0.3) is 0 Å². The summed E-state index contributed by atoms with van der Waals surface area (Å²) in [4.78, 5) is 15.6. The number of hydrogen-bond donors (Lipinski definition) is 1. The summed E-state index contributed by atoms with van der Waals surface area (Å²) in [6.07, 6.45) is 0. The molecule has 0 spiro atoms. The lowest BCUT2D eigenvalue weighted by Gasteiger charge is -2.32. The van der Waals surface area contributed by atoms with Crippen LogP contribution in [0.25, 0.3) is 0 Å². The van der Waals surface area contributed by atoms with E-state index in [9.17, 15) is 4.79 Å². The average Bonchev–Trinajstić information content (AvgIpc) is 2.16. The summed E-state index contributed by atoms with van der Waals surface area (Å²) in [6, 6.07) is 0.503. The van der Waals surface area contributed by atoms with Gasteiger partial charge in [0, 0.05) is 39.3 Å². The molecule has 0 radical (unpaired) electrons. The summed E-state index contributed by atoms with van der Waals surface area (Å²) in [5.74, 6) is 0.224. The van der Waals surface area contributed by atoms with E-state index in [1.54, 1.807) is 4.90 Å². The van der Waals surface area contributed by atoms with E-state index in [1.807, 2.05) is 14.0 Å². The predicted octanol–water partition coefficient (Wildman–Crippen LogP) is -0.242. The molecule has 0 aromatic rings. The Bertz CT molecular complexity index is 196. The smallest absolute Gasteiger partial charge is 0.236 e. The van der Waals surface area contributed by atoms with Gasteiger partial charge in [0.1, 0.15) is 0 Å². The lowest BCUT2D eigenvalue weighted by molar-refractivity contribution is -0.131. The number of hydrogen-bond acceptors (Lipinski definition) is 3. The van der Waals surface area contributed by atoms with Crippen LogP contribution in [0.5, 0.6) is 0 Å². The molecule has 0 bridgehead atoms. The van der Waals surface area contributed by atoms with E-state index >= 15 is 0 Å². The van der Waals surface area contributed by atoms with E-state index in [0.29, 0.717) is 12.6 Å². The Morgan fingerprint density at radius 3 is 2.93 bits per heavy atom. The first-order chi connectivity index (χ1) is 6.63. The molecule has 0 aromatic heterocycles. The van der Waals surface area contributed by atoms with Crippen molar-refractivity contribution in [3.05, 3.63) is 0 Å². The zero-order chi connectivity index (χ0) is 10.6. The third-order valence-electron chi connectivity index (χ3n) is 2.71. The highest BCUT2D eigenvalue weighted by Crippen LogP contribution is 1.99. The first-order valence-corrected chi connectivity index (χ1v) is 5.33. The van der Waals surface area contributed by atoms with E-state index in [4.69, 9.17) is 0 Å². The Hall–Kier alpha value is -0.610. The minimum atomic E-state index is 0.224. The predicted molar refractivity (Wildman–Crippen MR) is 57.2 cm³/mol. The molecule has 82 valence electrons. The standard InChI is InChI=1S/C10H21N3O/c1-4-12(3)10(14)8-13-6-5-11-9(2)7-13/h9,11H,4-8H2,1-3H3. The largest absolute Gasteiger partial charge is 0.345 e. The van der Waals surface area contributed by atoms with Crippen molar-refractivity contribution >= 4 is 5.91 Å². The van der Waals surface area contributed by atoms with Gasteiger partial charge in [-0.25, -0.2) is 0 Å². The number of nitrogens with one attached hydrogen (secondary N) is 1. The second-order valence-corrected chi connectivity index (χ2v) is 4.00. The highest BCUT2D eigenvalue weighted by molar-refractivity contribution is 5.77. The van der Waals surface area contributed by atoms with Crippen molar-refractivity contribution in [2.45, 2.75) is 19.9 Å². The van der Waals surface area contributed by atoms with Crippen LogP contribution in [-0.4, -0.2) is 61.5 Å². The summed E-state index contributed by atoms with van der Waals surface area (Å²) in [6.45, 7) is 8.45. The van der Waals surface area contributed by atoms with Crippen LogP contribution in [0.1, 0.15) is 13.8 Å². The maximum Gasteiger partial charge on any atom is 0.236 e. The molecule has 1 fully saturated rings. The monoisotopic (exact) mass is 199 g/mol. The fourth-order valence-corrected chi connectivity index (χ4v) is 1.64. The quantitative estimate of drug-likeness (QED) is 0.681. The first-order valence-electron chi connectivity index (χ1n) is 5.33. The van der Waals surface area contributed by atoms with Gasteiger partial charge in [-0.1, -0.05) is 0 Å². The van der Waals surface area contributed by atoms with Crippen molar-refractivity contribution in [1.82, 2.24) is 15.1 Å². The third kappa shape index (κ3) is 3.27. The van der Waals surface area contributed by atoms with E-state index in [-0.39, 0.29) is 5.91 Å². The second kappa shape index (κ2) is 5.32. The number of piperazine rings is 1. The molecule has 1 aliphatic rings. The van der Waals surface area contributed by atoms with E-state index in [0.717, 1.165) is 26.2 Å². The van der Waals surface area contributed by atoms with Crippen LogP contribution in [0, 0.1) is 0 Å². The molecular formula is C10H21N3O. The summed E-state index contributed by atoms with van der Waals surface area (Å²) < 4.78 is 0. The Labute approximate surface area is 86.2 Å². The van der Waals surface area contributed by atoms with Crippen molar-refractivity contribution in [3.8, 4) is 0 Å². The van der Waals surface area contributed by atoms with Gasteiger partial charge >= 0.3 is 0 Å². The van der Waals surface area contributed by atoms with Gasteiger partial charge < -0.3 is 10.2 Å². The maximum atomic E-state index is 11.6. The zero-order valence-corrected chi connectivity index (χ0v) is 9.42. The molecule has 0 saturated carbocycles. The molecule has 1 atom stereocenters. The lowest BCUT2D eigenvalue weighted by atomic mass is 10.2. The number of nitrogens with zero attached hydrogens (tertiary/aromatic N) is 2. The number of rotatable bonds is 3. The Morgan fingerprint density at radius 1 is 1.64 bits per heavy atom. The fraction of sp³-hybridized carbons (Fsp3) is 0.900. The number of amides is 1. The second-order valence-electron chi connectivity index (χ2n) is 4.00. The maximum absolute atomic E-state index is 11.6. The highest BCUT2D eigenvalue weighted by atomic mass is 16.2. The minimum Gasteiger partial charge on any atom is -0.345 e. The molecule has 14 heavy (non-hydrogen) atoms. The van der Waals surface area contributed by atoms with Gasteiger partial charge in [0.2, 0.25) is 5.91 Å². The number of carbonyl (C=O) groups excluding carboxylic acids is 1. The molecule has 0 aliphatic carbocycles. The lowest BCUT2D eigenvalue weighted by Crippen LogP contribution is -2.51. The molecule has 1 rings (SSSR count). The van der Waals surface area contributed by atoms with Crippen molar-refractivity contribution in [2.75, 3.05) is 39.8 Å². The van der Waals surface area contributed by atoms with Gasteiger partial charge in [0.05, 0.1) is 6.54 Å². The Balaban J connectivity index is 2.32. The van der Waals surface area contributed by atoms with Crippen LogP contribution in [0.3, 0.4) is 0 Å². The first kappa shape index (κ1) is 11.5. The van der Waals surface area contributed by atoms with Crippen molar-refractivity contribution in [3.63, 3.8) is 0 Å². The van der Waals surface area contributed by atoms with Crippen LogP contribution in [0.15, 0.2) is 0 Å². The van der Waals surface area contributed by atoms with E-state index in [1.165, 1.54) is 0 Å². The SMILES string of the molecule is CCN(C)C(=O)CN1CCNC(C)C1. The Kier molecular flexibility index (Phi) is 4.35. The average molecular weight is 199 g/mol. The molecule has 1 amide bonds. The van der Waals surface area contributed by atoms with Gasteiger partial charge in [-0.2, -0.15) is 0 Å². The topological polar surface area (TPSA) is 35.6 Å². The molecular weight excluding hydrogens is 178 g/mol. The molecule has 1 N–H and O–H groups in total. The van der Waals surface area contributed by atoms with Crippen LogP contribution < -0.4 is 5.32 Å². The number of likely N-dealkylation sites (N-methyl/N-ethyl adjacent to an activating group) is 1. The van der Waals surface area contributed by atoms with Crippen LogP contribution in [0.4, 0.5) is 0 Å². The number of carbonyl (C=O) groups is 1. The summed E-state index contributed by atoms with van der Waals surface area (Å²) in [7, 11) is 1.86. The van der Waals surface area contributed by atoms with Crippen LogP contribution in [0.2, 0.25) is 0 Å². The minimum absolute atomic E-state index is 0.224. The normalized spacial score (nSPS) is 23.5. The van der Waals surface area contributed by atoms with Gasteiger partial charge in [0.15, 0.2) is 0 Å². The van der Waals surface area contributed by atoms with E-state index in [2.05, 4.69) is 17.1 Å². The van der Waals surface area contributed by atoms with E-state index < -0.39 is 0 Å². The van der Waals surface area contributed by atoms with Crippen molar-refractivity contribution in [2.24, 2.45) is 0 Å². The van der Waals surface area contributed by atoms with Gasteiger partial charge in [-0.05, 0) is 13.8 Å². The molecule has 1 aliphatic heterocycles.